The first-order valence-corrected chi connectivity index (χ1v) is 7.16. The Morgan fingerprint density at radius 2 is 2.28 bits per heavy atom. The van der Waals surface area contributed by atoms with Crippen LogP contribution >= 0.6 is 11.8 Å². The zero-order chi connectivity index (χ0) is 13.5. The molecule has 6 heteroatoms. The smallest absolute Gasteiger partial charge is 0.328 e. The third kappa shape index (κ3) is 4.18. The van der Waals surface area contributed by atoms with Gasteiger partial charge >= 0.3 is 5.97 Å². The van der Waals surface area contributed by atoms with Gasteiger partial charge in [-0.25, -0.2) is 4.79 Å². The van der Waals surface area contributed by atoms with Crippen LogP contribution in [0.1, 0.15) is 25.7 Å². The van der Waals surface area contributed by atoms with E-state index < -0.39 is 12.0 Å². The number of carbonyl (C=O) groups excluding carboxylic acids is 1. The SMILES string of the molecule is CSCCC(N=CC1=C(O)CCCC1=O)C(=O)O. The number of carboxylic acid groups (broad SMARTS) is 1. The molecule has 18 heavy (non-hydrogen) atoms. The number of carboxylic acids is 1. The molecule has 1 aliphatic rings. The number of ketones is 1. The summed E-state index contributed by atoms with van der Waals surface area (Å²) in [5, 5.41) is 18.6. The largest absolute Gasteiger partial charge is 0.512 e. The van der Waals surface area contributed by atoms with Crippen LogP contribution in [0.2, 0.25) is 0 Å². The molecule has 0 bridgehead atoms. The molecule has 5 nitrogen and oxygen atoms in total. The van der Waals surface area contributed by atoms with Crippen LogP contribution in [0.25, 0.3) is 0 Å². The number of hydrogen-bond donors (Lipinski definition) is 2. The van der Waals surface area contributed by atoms with E-state index in [0.29, 0.717) is 31.4 Å². The molecule has 0 saturated heterocycles. The lowest BCUT2D eigenvalue weighted by atomic mass is 9.97. The van der Waals surface area contributed by atoms with Gasteiger partial charge in [0.2, 0.25) is 0 Å². The fraction of sp³-hybridized carbons (Fsp3) is 0.583. The lowest BCUT2D eigenvalue weighted by Crippen LogP contribution is -2.20. The highest BCUT2D eigenvalue weighted by Crippen LogP contribution is 2.18. The first kappa shape index (κ1) is 14.8. The molecule has 0 spiro atoms. The summed E-state index contributed by atoms with van der Waals surface area (Å²) < 4.78 is 0. The number of allylic oxidation sites excluding steroid dienone is 2. The molecular formula is C12H17NO4S. The van der Waals surface area contributed by atoms with Crippen molar-refractivity contribution in [3.8, 4) is 0 Å². The quantitative estimate of drug-likeness (QED) is 0.720. The molecule has 0 aromatic heterocycles. The van der Waals surface area contributed by atoms with E-state index in [1.165, 1.54) is 6.21 Å². The second kappa shape index (κ2) is 7.20. The van der Waals surface area contributed by atoms with E-state index in [4.69, 9.17) is 5.11 Å². The zero-order valence-corrected chi connectivity index (χ0v) is 11.1. The van der Waals surface area contributed by atoms with Gasteiger partial charge < -0.3 is 10.2 Å². The van der Waals surface area contributed by atoms with Crippen molar-refractivity contribution >= 4 is 29.7 Å². The van der Waals surface area contributed by atoms with Gasteiger partial charge in [-0.15, -0.1) is 0 Å². The minimum atomic E-state index is -1.01. The minimum absolute atomic E-state index is 0.0176. The van der Waals surface area contributed by atoms with E-state index in [1.54, 1.807) is 11.8 Å². The fourth-order valence-corrected chi connectivity index (χ4v) is 2.11. The Hall–Kier alpha value is -1.30. The Morgan fingerprint density at radius 3 is 2.83 bits per heavy atom. The summed E-state index contributed by atoms with van der Waals surface area (Å²) in [6.07, 6.45) is 4.99. The summed E-state index contributed by atoms with van der Waals surface area (Å²) in [4.78, 5) is 26.4. The molecule has 0 fully saturated rings. The molecule has 1 aliphatic carbocycles. The summed E-state index contributed by atoms with van der Waals surface area (Å²) in [5.41, 5.74) is 0.164. The molecular weight excluding hydrogens is 254 g/mol. The predicted octanol–water partition coefficient (Wildman–Crippen LogP) is 1.83. The van der Waals surface area contributed by atoms with Crippen molar-refractivity contribution < 1.29 is 19.8 Å². The number of aliphatic imine (C=N–C) groups is 1. The molecule has 1 unspecified atom stereocenters. The number of hydrogen-bond acceptors (Lipinski definition) is 5. The first-order chi connectivity index (χ1) is 8.56. The average molecular weight is 271 g/mol. The van der Waals surface area contributed by atoms with Crippen molar-refractivity contribution in [1.29, 1.82) is 0 Å². The molecule has 0 amide bonds. The number of carbonyl (C=O) groups is 2. The van der Waals surface area contributed by atoms with Gasteiger partial charge in [0, 0.05) is 19.1 Å². The van der Waals surface area contributed by atoms with Crippen LogP contribution in [0, 0.1) is 0 Å². The Balaban J connectivity index is 2.76. The van der Waals surface area contributed by atoms with Crippen LogP contribution in [0.15, 0.2) is 16.3 Å². The van der Waals surface area contributed by atoms with E-state index in [1.807, 2.05) is 6.26 Å². The summed E-state index contributed by atoms with van der Waals surface area (Å²) in [5.74, 6) is -0.475. The van der Waals surface area contributed by atoms with Gasteiger partial charge in [-0.05, 0) is 24.9 Å². The van der Waals surface area contributed by atoms with Gasteiger partial charge in [0.05, 0.1) is 5.57 Å². The monoisotopic (exact) mass is 271 g/mol. The number of nitrogens with zero attached hydrogens (tertiary/aromatic N) is 1. The molecule has 2 N–H and O–H groups in total. The van der Waals surface area contributed by atoms with Crippen LogP contribution in [0.4, 0.5) is 0 Å². The van der Waals surface area contributed by atoms with Crippen molar-refractivity contribution in [2.45, 2.75) is 31.7 Å². The topological polar surface area (TPSA) is 87.0 Å². The summed E-state index contributed by atoms with van der Waals surface area (Å²) in [7, 11) is 0. The van der Waals surface area contributed by atoms with E-state index in [9.17, 15) is 14.7 Å². The highest BCUT2D eigenvalue weighted by atomic mass is 32.2. The van der Waals surface area contributed by atoms with Gasteiger partial charge in [-0.2, -0.15) is 11.8 Å². The van der Waals surface area contributed by atoms with Crippen LogP contribution in [0.3, 0.4) is 0 Å². The first-order valence-electron chi connectivity index (χ1n) is 5.76. The van der Waals surface area contributed by atoms with Crippen molar-refractivity contribution in [1.82, 2.24) is 0 Å². The summed E-state index contributed by atoms with van der Waals surface area (Å²) in [6.45, 7) is 0. The lowest BCUT2D eigenvalue weighted by molar-refractivity contribution is -0.138. The van der Waals surface area contributed by atoms with Gasteiger partial charge in [0.1, 0.15) is 11.8 Å². The van der Waals surface area contributed by atoms with Gasteiger partial charge in [0.25, 0.3) is 0 Å². The van der Waals surface area contributed by atoms with Crippen LogP contribution in [-0.2, 0) is 9.59 Å². The molecule has 100 valence electrons. The third-order valence-corrected chi connectivity index (χ3v) is 3.34. The second-order valence-electron chi connectivity index (χ2n) is 4.05. The molecule has 0 aromatic carbocycles. The van der Waals surface area contributed by atoms with Gasteiger partial charge in [0.15, 0.2) is 5.78 Å². The Bertz CT molecular complexity index is 390. The lowest BCUT2D eigenvalue weighted by Gasteiger charge is -2.12. The van der Waals surface area contributed by atoms with Crippen molar-refractivity contribution in [3.05, 3.63) is 11.3 Å². The molecule has 0 aromatic rings. The average Bonchev–Trinajstić information content (AvgIpc) is 2.31. The Labute approximate surface area is 110 Å². The van der Waals surface area contributed by atoms with Crippen molar-refractivity contribution in [2.24, 2.45) is 4.99 Å². The molecule has 1 atom stereocenters. The molecule has 0 radical (unpaired) electrons. The molecule has 0 aliphatic heterocycles. The van der Waals surface area contributed by atoms with Crippen molar-refractivity contribution in [3.63, 3.8) is 0 Å². The number of rotatable bonds is 6. The van der Waals surface area contributed by atoms with Crippen LogP contribution < -0.4 is 0 Å². The predicted molar refractivity (Wildman–Crippen MR) is 71.4 cm³/mol. The van der Waals surface area contributed by atoms with Crippen LogP contribution in [0.5, 0.6) is 0 Å². The number of aliphatic hydroxyl groups excluding tert-OH is 1. The van der Waals surface area contributed by atoms with E-state index >= 15 is 0 Å². The fourth-order valence-electron chi connectivity index (χ4n) is 1.65. The van der Waals surface area contributed by atoms with Crippen LogP contribution in [-0.4, -0.2) is 46.2 Å². The summed E-state index contributed by atoms with van der Waals surface area (Å²) >= 11 is 1.54. The maximum Gasteiger partial charge on any atom is 0.328 e. The number of Topliss-reactive ketones (excluding diaryl/α,β-unsaturated/α-hetero) is 1. The number of aliphatic hydroxyl groups is 1. The zero-order valence-electron chi connectivity index (χ0n) is 10.3. The Morgan fingerprint density at radius 1 is 1.56 bits per heavy atom. The number of aliphatic carboxylic acids is 1. The minimum Gasteiger partial charge on any atom is -0.512 e. The highest BCUT2D eigenvalue weighted by Gasteiger charge is 2.20. The maximum atomic E-state index is 11.5. The van der Waals surface area contributed by atoms with E-state index in [0.717, 1.165) is 0 Å². The third-order valence-electron chi connectivity index (χ3n) is 2.69. The standard InChI is InChI=1S/C12H17NO4S/c1-18-6-5-9(12(16)17)13-7-8-10(14)3-2-4-11(8)15/h7,9,14H,2-6H2,1H3,(H,16,17). The van der Waals surface area contributed by atoms with Crippen molar-refractivity contribution in [2.75, 3.05) is 12.0 Å². The maximum absolute atomic E-state index is 11.5. The van der Waals surface area contributed by atoms with Gasteiger partial charge in [-0.3, -0.25) is 9.79 Å². The second-order valence-corrected chi connectivity index (χ2v) is 5.04. The van der Waals surface area contributed by atoms with E-state index in [2.05, 4.69) is 4.99 Å². The highest BCUT2D eigenvalue weighted by molar-refractivity contribution is 7.98. The molecule has 1 rings (SSSR count). The molecule has 0 heterocycles. The molecule has 0 saturated carbocycles. The van der Waals surface area contributed by atoms with E-state index in [-0.39, 0.29) is 17.1 Å². The summed E-state index contributed by atoms with van der Waals surface area (Å²) in [6, 6.07) is -0.854. The normalized spacial score (nSPS) is 18.4. The Kier molecular flexibility index (Phi) is 5.91. The number of thioether (sulfide) groups is 1. The van der Waals surface area contributed by atoms with Gasteiger partial charge in [-0.1, -0.05) is 0 Å².